The van der Waals surface area contributed by atoms with E-state index < -0.39 is 17.2 Å². The van der Waals surface area contributed by atoms with Crippen molar-refractivity contribution in [1.82, 2.24) is 9.88 Å². The van der Waals surface area contributed by atoms with Crippen molar-refractivity contribution in [1.29, 1.82) is 0 Å². The van der Waals surface area contributed by atoms with Crippen molar-refractivity contribution in [2.75, 3.05) is 27.2 Å². The number of aromatic amines is 1. The number of carbonyl (C=O) groups excluding carboxylic acids is 2. The smallest absolute Gasteiger partial charge is 0.456 e. The molecule has 1 heterocycles. The Kier molecular flexibility index (Phi) is 9.56. The molecule has 0 spiro atoms. The average molecular weight is 435 g/mol. The maximum atomic E-state index is 12.3. The third kappa shape index (κ3) is 8.25. The van der Waals surface area contributed by atoms with Gasteiger partial charge < -0.3 is 24.1 Å². The van der Waals surface area contributed by atoms with Crippen molar-refractivity contribution >= 4 is 23.0 Å². The van der Waals surface area contributed by atoms with Crippen LogP contribution in [0.15, 0.2) is 24.4 Å². The maximum absolute atomic E-state index is 12.3. The molecule has 7 heteroatoms. The first kappa shape index (κ1) is 26.5. The number of rotatable bonds is 7. The maximum Gasteiger partial charge on any atom is 0.514 e. The number of aromatic nitrogens is 1. The Morgan fingerprint density at radius 1 is 1.06 bits per heavy atom. The topological polar surface area (TPSA) is 80.9 Å². The van der Waals surface area contributed by atoms with E-state index >= 15 is 0 Å². The van der Waals surface area contributed by atoms with Crippen LogP contribution in [0.25, 0.3) is 10.9 Å². The molecule has 0 radical (unpaired) electrons. The summed E-state index contributed by atoms with van der Waals surface area (Å²) in [7, 11) is 4.02. The van der Waals surface area contributed by atoms with Crippen LogP contribution in [-0.2, 0) is 20.7 Å². The summed E-state index contributed by atoms with van der Waals surface area (Å²) in [6.07, 6.45) is 1.91. The number of H-pyrrole nitrogens is 1. The Hall–Kier alpha value is -2.54. The number of carbonyl (C=O) groups is 2. The molecule has 0 bridgehead atoms. The van der Waals surface area contributed by atoms with Crippen molar-refractivity contribution in [2.24, 2.45) is 5.41 Å². The summed E-state index contributed by atoms with van der Waals surface area (Å²) < 4.78 is 16.1. The second-order valence-corrected chi connectivity index (χ2v) is 9.09. The summed E-state index contributed by atoms with van der Waals surface area (Å²) in [5.74, 6) is 0.0779. The molecule has 0 saturated carbocycles. The van der Waals surface area contributed by atoms with Crippen molar-refractivity contribution in [3.05, 3.63) is 30.0 Å². The van der Waals surface area contributed by atoms with Gasteiger partial charge in [0, 0.05) is 23.6 Å². The van der Waals surface area contributed by atoms with Gasteiger partial charge in [-0.25, -0.2) is 4.79 Å². The van der Waals surface area contributed by atoms with E-state index in [1.807, 2.05) is 46.3 Å². The fraction of sp³-hybridized carbons (Fsp3) is 0.583. The van der Waals surface area contributed by atoms with Gasteiger partial charge in [-0.05, 0) is 72.8 Å². The van der Waals surface area contributed by atoms with Crippen LogP contribution in [-0.4, -0.2) is 54.9 Å². The summed E-state index contributed by atoms with van der Waals surface area (Å²) in [6, 6.07) is 5.48. The highest BCUT2D eigenvalue weighted by Crippen LogP contribution is 2.30. The molecule has 31 heavy (non-hydrogen) atoms. The van der Waals surface area contributed by atoms with Crippen molar-refractivity contribution in [2.45, 2.75) is 60.5 Å². The lowest BCUT2D eigenvalue weighted by Crippen LogP contribution is -2.38. The molecule has 7 nitrogen and oxygen atoms in total. The van der Waals surface area contributed by atoms with Crippen LogP contribution in [0.1, 0.15) is 54.0 Å². The Labute approximate surface area is 186 Å². The third-order valence-corrected chi connectivity index (χ3v) is 4.29. The van der Waals surface area contributed by atoms with Gasteiger partial charge in [-0.2, -0.15) is 0 Å². The number of likely N-dealkylation sites (N-methyl/N-ethyl adjacent to an activating group) is 1. The number of hydrogen-bond donors (Lipinski definition) is 1. The van der Waals surface area contributed by atoms with E-state index in [9.17, 15) is 9.59 Å². The van der Waals surface area contributed by atoms with E-state index in [2.05, 4.69) is 9.88 Å². The SMILES string of the molecule is CC.CN(C)CCc1c[nH]c2cccc(OC(=O)OCC(C)(C)OC(=O)C(C)(C)C)c12. The summed E-state index contributed by atoms with van der Waals surface area (Å²) in [6.45, 7) is 13.5. The monoisotopic (exact) mass is 434 g/mol. The van der Waals surface area contributed by atoms with Crippen LogP contribution in [0, 0.1) is 5.41 Å². The first-order valence-electron chi connectivity index (χ1n) is 10.7. The van der Waals surface area contributed by atoms with E-state index in [1.165, 1.54) is 0 Å². The Morgan fingerprint density at radius 3 is 2.29 bits per heavy atom. The minimum absolute atomic E-state index is 0.107. The highest BCUT2D eigenvalue weighted by atomic mass is 16.7. The fourth-order valence-corrected chi connectivity index (χ4v) is 2.63. The van der Waals surface area contributed by atoms with E-state index in [0.717, 1.165) is 29.4 Å². The second-order valence-electron chi connectivity index (χ2n) is 9.09. The predicted octanol–water partition coefficient (Wildman–Crippen LogP) is 5.18. The number of fused-ring (bicyclic) bond motifs is 1. The number of ether oxygens (including phenoxy) is 3. The predicted molar refractivity (Wildman–Crippen MR) is 124 cm³/mol. The largest absolute Gasteiger partial charge is 0.514 e. The molecule has 0 unspecified atom stereocenters. The second kappa shape index (κ2) is 11.2. The third-order valence-electron chi connectivity index (χ3n) is 4.29. The Morgan fingerprint density at radius 2 is 1.71 bits per heavy atom. The first-order chi connectivity index (χ1) is 14.4. The van der Waals surface area contributed by atoms with E-state index in [4.69, 9.17) is 14.2 Å². The van der Waals surface area contributed by atoms with Gasteiger partial charge in [-0.1, -0.05) is 19.9 Å². The summed E-state index contributed by atoms with van der Waals surface area (Å²) >= 11 is 0. The summed E-state index contributed by atoms with van der Waals surface area (Å²) in [5, 5.41) is 0.865. The normalized spacial score (nSPS) is 11.7. The lowest BCUT2D eigenvalue weighted by atomic mass is 9.97. The number of nitrogens with one attached hydrogen (secondary N) is 1. The van der Waals surface area contributed by atoms with Gasteiger partial charge in [-0.15, -0.1) is 0 Å². The fourth-order valence-electron chi connectivity index (χ4n) is 2.63. The number of esters is 1. The minimum Gasteiger partial charge on any atom is -0.456 e. The number of benzene rings is 1. The molecule has 1 aromatic heterocycles. The molecule has 0 saturated heterocycles. The quantitative estimate of drug-likeness (QED) is 0.478. The van der Waals surface area contributed by atoms with E-state index in [1.54, 1.807) is 40.7 Å². The van der Waals surface area contributed by atoms with Gasteiger partial charge in [0.1, 0.15) is 18.0 Å². The van der Waals surface area contributed by atoms with Crippen molar-refractivity contribution < 1.29 is 23.8 Å². The zero-order chi connectivity index (χ0) is 23.8. The van der Waals surface area contributed by atoms with Crippen molar-refractivity contribution in [3.63, 3.8) is 0 Å². The summed E-state index contributed by atoms with van der Waals surface area (Å²) in [4.78, 5) is 29.7. The standard InChI is InChI=1S/C22H32N2O5.C2H6/c1-21(2,3)19(25)29-22(4,5)14-27-20(26)28-17-10-8-9-16-18(17)15(13-23-16)11-12-24(6)7;1-2/h8-10,13,23H,11-12,14H2,1-7H3;1-2H3. The van der Waals surface area contributed by atoms with Gasteiger partial charge in [0.05, 0.1) is 5.41 Å². The lowest BCUT2D eigenvalue weighted by molar-refractivity contribution is -0.170. The molecule has 2 rings (SSSR count). The van der Waals surface area contributed by atoms with E-state index in [-0.39, 0.29) is 12.6 Å². The first-order valence-corrected chi connectivity index (χ1v) is 10.7. The molecule has 0 fully saturated rings. The number of hydrogen-bond acceptors (Lipinski definition) is 6. The molecule has 0 atom stereocenters. The highest BCUT2D eigenvalue weighted by molar-refractivity contribution is 5.90. The summed E-state index contributed by atoms with van der Waals surface area (Å²) in [5.41, 5.74) is 0.366. The molecular weight excluding hydrogens is 396 g/mol. The minimum atomic E-state index is -0.958. The van der Waals surface area contributed by atoms with Gasteiger partial charge in [-0.3, -0.25) is 4.79 Å². The molecule has 0 aliphatic heterocycles. The van der Waals surface area contributed by atoms with Gasteiger partial charge in [0.15, 0.2) is 0 Å². The van der Waals surface area contributed by atoms with Crippen LogP contribution in [0.4, 0.5) is 4.79 Å². The zero-order valence-electron chi connectivity index (χ0n) is 20.4. The van der Waals surface area contributed by atoms with E-state index in [0.29, 0.717) is 5.75 Å². The lowest BCUT2D eigenvalue weighted by Gasteiger charge is -2.28. The van der Waals surface area contributed by atoms with Gasteiger partial charge in [0.2, 0.25) is 0 Å². The Bertz CT molecular complexity index is 862. The molecule has 0 aliphatic rings. The van der Waals surface area contributed by atoms with Crippen molar-refractivity contribution in [3.8, 4) is 5.75 Å². The molecule has 1 N–H and O–H groups in total. The van der Waals surface area contributed by atoms with Crippen LogP contribution >= 0.6 is 0 Å². The van der Waals surface area contributed by atoms with Crippen LogP contribution in [0.5, 0.6) is 5.75 Å². The molecular formula is C24H38N2O5. The molecule has 1 aromatic carbocycles. The Balaban J connectivity index is 0.00000233. The molecule has 0 aliphatic carbocycles. The number of nitrogens with zero attached hydrogens (tertiary/aromatic N) is 1. The zero-order valence-corrected chi connectivity index (χ0v) is 20.4. The van der Waals surface area contributed by atoms with Crippen LogP contribution in [0.3, 0.4) is 0 Å². The van der Waals surface area contributed by atoms with Crippen LogP contribution in [0.2, 0.25) is 0 Å². The van der Waals surface area contributed by atoms with Gasteiger partial charge in [0.25, 0.3) is 0 Å². The van der Waals surface area contributed by atoms with Crippen LogP contribution < -0.4 is 4.74 Å². The highest BCUT2D eigenvalue weighted by Gasteiger charge is 2.32. The van der Waals surface area contributed by atoms with Gasteiger partial charge >= 0.3 is 12.1 Å². The molecule has 0 amide bonds. The average Bonchev–Trinajstić information content (AvgIpc) is 3.09. The molecule has 174 valence electrons. The molecule has 2 aromatic rings.